The van der Waals surface area contributed by atoms with Gasteiger partial charge in [0.25, 0.3) is 5.52 Å². The van der Waals surface area contributed by atoms with Gasteiger partial charge in [0.05, 0.1) is 0 Å². The van der Waals surface area contributed by atoms with Crippen LogP contribution in [0.25, 0.3) is 22.2 Å². The Bertz CT molecular complexity index is 775. The summed E-state index contributed by atoms with van der Waals surface area (Å²) in [7, 11) is 0. The van der Waals surface area contributed by atoms with Gasteiger partial charge in [-0.25, -0.2) is 4.73 Å². The molecule has 1 aromatic carbocycles. The molecule has 7 nitrogen and oxygen atoms in total. The summed E-state index contributed by atoms with van der Waals surface area (Å²) in [6.07, 6.45) is 1.27. The lowest BCUT2D eigenvalue weighted by Gasteiger charge is -2.10. The van der Waals surface area contributed by atoms with E-state index in [-0.39, 0.29) is 16.7 Å². The highest BCUT2D eigenvalue weighted by atomic mass is 16.5. The van der Waals surface area contributed by atoms with Crippen LogP contribution >= 0.6 is 0 Å². The van der Waals surface area contributed by atoms with Crippen molar-refractivity contribution in [3.8, 4) is 0 Å². The molecule has 0 radical (unpaired) electrons. The molecule has 0 unspecified atom stereocenters. The number of fused-ring (bicyclic) bond motifs is 2. The van der Waals surface area contributed by atoms with Gasteiger partial charge in [0, 0.05) is 12.6 Å². The number of hydrogen-bond donors (Lipinski definition) is 1. The molecule has 3 aromatic rings. The average molecular weight is 257 g/mol. The van der Waals surface area contributed by atoms with E-state index in [2.05, 4.69) is 15.3 Å². The van der Waals surface area contributed by atoms with Crippen LogP contribution in [0.15, 0.2) is 30.6 Å². The van der Waals surface area contributed by atoms with Crippen molar-refractivity contribution in [1.29, 1.82) is 0 Å². The summed E-state index contributed by atoms with van der Waals surface area (Å²) < 4.78 is 1.35. The summed E-state index contributed by atoms with van der Waals surface area (Å²) in [6.45, 7) is 2.48. The fraction of sp³-hybridized carbons (Fsp3) is 0.167. The van der Waals surface area contributed by atoms with E-state index in [9.17, 15) is 10.4 Å². The third-order valence-electron chi connectivity index (χ3n) is 2.86. The van der Waals surface area contributed by atoms with Crippen molar-refractivity contribution >= 4 is 28.0 Å². The normalized spacial score (nSPS) is 11.0. The van der Waals surface area contributed by atoms with Crippen LogP contribution in [-0.4, -0.2) is 16.5 Å². The Morgan fingerprint density at radius 1 is 1.11 bits per heavy atom. The highest BCUT2D eigenvalue weighted by Gasteiger charge is 2.24. The van der Waals surface area contributed by atoms with E-state index < -0.39 is 0 Å². The second kappa shape index (κ2) is 4.20. The van der Waals surface area contributed by atoms with Crippen molar-refractivity contribution in [2.75, 3.05) is 11.9 Å². The minimum absolute atomic E-state index is 0.0552. The number of hydrogen-bond acceptors (Lipinski definition) is 5. The highest BCUT2D eigenvalue weighted by molar-refractivity contribution is 5.81. The third-order valence-corrected chi connectivity index (χ3v) is 2.86. The molecule has 96 valence electrons. The zero-order chi connectivity index (χ0) is 13.4. The molecule has 19 heavy (non-hydrogen) atoms. The van der Waals surface area contributed by atoms with Crippen LogP contribution < -0.4 is 14.8 Å². The van der Waals surface area contributed by atoms with Crippen LogP contribution in [0, 0.1) is 10.4 Å². The maximum atomic E-state index is 12.4. The first-order valence-electron chi connectivity index (χ1n) is 5.86. The number of para-hydroxylation sites is 2. The van der Waals surface area contributed by atoms with Crippen LogP contribution in [0.2, 0.25) is 0 Å². The zero-order valence-electron chi connectivity index (χ0n) is 10.2. The Labute approximate surface area is 108 Å². The van der Waals surface area contributed by atoms with E-state index in [0.717, 1.165) is 0 Å². The lowest BCUT2D eigenvalue weighted by atomic mass is 10.3. The predicted molar refractivity (Wildman–Crippen MR) is 69.1 cm³/mol. The first kappa shape index (κ1) is 11.4. The largest absolute Gasteiger partial charge is 0.710 e. The summed E-state index contributed by atoms with van der Waals surface area (Å²) in [5.41, 5.74) is 0.780. The summed E-state index contributed by atoms with van der Waals surface area (Å²) >= 11 is 0. The fourth-order valence-electron chi connectivity index (χ4n) is 2.04. The van der Waals surface area contributed by atoms with E-state index in [0.29, 0.717) is 27.3 Å². The molecular formula is C12H11N5O2. The Balaban J connectivity index is 2.52. The number of aromatic nitrogens is 4. The van der Waals surface area contributed by atoms with Gasteiger partial charge in [-0.2, -0.15) is 9.71 Å². The number of nitrogens with one attached hydrogen (secondary N) is 1. The molecule has 0 aliphatic carbocycles. The SMILES string of the molecule is CCNc1ncnc2c1[n+]([O-])c1ccccc1[n+]2[O-]. The van der Waals surface area contributed by atoms with E-state index in [4.69, 9.17) is 0 Å². The Hall–Kier alpha value is -2.70. The number of benzene rings is 1. The van der Waals surface area contributed by atoms with Gasteiger partial charge < -0.3 is 15.7 Å². The van der Waals surface area contributed by atoms with E-state index in [1.807, 2.05) is 6.92 Å². The number of rotatable bonds is 2. The van der Waals surface area contributed by atoms with Gasteiger partial charge in [0.2, 0.25) is 17.7 Å². The van der Waals surface area contributed by atoms with Crippen LogP contribution in [0.5, 0.6) is 0 Å². The van der Waals surface area contributed by atoms with E-state index >= 15 is 0 Å². The second-order valence-electron chi connectivity index (χ2n) is 4.00. The molecule has 0 saturated carbocycles. The maximum absolute atomic E-state index is 12.4. The molecule has 7 heteroatoms. The lowest BCUT2D eigenvalue weighted by molar-refractivity contribution is -0.592. The number of nitrogens with zero attached hydrogens (tertiary/aromatic N) is 4. The molecule has 0 fully saturated rings. The van der Waals surface area contributed by atoms with Crippen molar-refractivity contribution in [3.63, 3.8) is 0 Å². The quantitative estimate of drug-likeness (QED) is 0.409. The molecule has 0 saturated heterocycles. The molecule has 2 aromatic heterocycles. The molecule has 0 bridgehead atoms. The highest BCUT2D eigenvalue weighted by Crippen LogP contribution is 2.15. The molecule has 0 spiro atoms. The van der Waals surface area contributed by atoms with Crippen LogP contribution in [-0.2, 0) is 0 Å². The van der Waals surface area contributed by atoms with Crippen LogP contribution in [0.3, 0.4) is 0 Å². The molecule has 3 rings (SSSR count). The Morgan fingerprint density at radius 3 is 2.47 bits per heavy atom. The first-order chi connectivity index (χ1) is 9.24. The second-order valence-corrected chi connectivity index (χ2v) is 4.00. The number of anilines is 1. The minimum atomic E-state index is 0.0552. The van der Waals surface area contributed by atoms with Gasteiger partial charge in [0.1, 0.15) is 0 Å². The van der Waals surface area contributed by atoms with Gasteiger partial charge in [-0.3, -0.25) is 0 Å². The summed E-state index contributed by atoms with van der Waals surface area (Å²) in [5, 5.41) is 27.6. The van der Waals surface area contributed by atoms with Crippen molar-refractivity contribution in [1.82, 2.24) is 9.97 Å². The van der Waals surface area contributed by atoms with E-state index in [1.165, 1.54) is 6.33 Å². The molecule has 1 N–H and O–H groups in total. The molecule has 2 heterocycles. The summed E-state index contributed by atoms with van der Waals surface area (Å²) in [5.74, 6) is 0.359. The maximum Gasteiger partial charge on any atom is 0.406 e. The first-order valence-corrected chi connectivity index (χ1v) is 5.86. The monoisotopic (exact) mass is 257 g/mol. The third kappa shape index (κ3) is 1.59. The molecular weight excluding hydrogens is 246 g/mol. The van der Waals surface area contributed by atoms with Crippen LogP contribution in [0.1, 0.15) is 6.92 Å². The zero-order valence-corrected chi connectivity index (χ0v) is 10.2. The van der Waals surface area contributed by atoms with Gasteiger partial charge in [-0.1, -0.05) is 12.1 Å². The molecule has 0 aliphatic rings. The molecule has 0 aliphatic heterocycles. The summed E-state index contributed by atoms with van der Waals surface area (Å²) in [4.78, 5) is 7.92. The van der Waals surface area contributed by atoms with Gasteiger partial charge in [-0.05, 0) is 18.0 Å². The molecule has 0 atom stereocenters. The lowest BCUT2D eigenvalue weighted by Crippen LogP contribution is -2.40. The minimum Gasteiger partial charge on any atom is -0.710 e. The van der Waals surface area contributed by atoms with Crippen molar-refractivity contribution < 1.29 is 9.46 Å². The predicted octanol–water partition coefficient (Wildman–Crippen LogP) is 0.482. The Morgan fingerprint density at radius 2 is 1.79 bits per heavy atom. The van der Waals surface area contributed by atoms with Crippen LogP contribution in [0.4, 0.5) is 5.82 Å². The van der Waals surface area contributed by atoms with Gasteiger partial charge >= 0.3 is 11.2 Å². The van der Waals surface area contributed by atoms with Crippen molar-refractivity contribution in [2.24, 2.45) is 0 Å². The molecule has 0 amide bonds. The van der Waals surface area contributed by atoms with Gasteiger partial charge in [0.15, 0.2) is 0 Å². The summed E-state index contributed by atoms with van der Waals surface area (Å²) in [6, 6.07) is 6.60. The standard InChI is InChI=1S/C12H11N5O2/c1-2-13-11-10-12(15-7-14-11)17(19)9-6-4-3-5-8(9)16(10)18/h3-7H,2H2,1H3,(H,13,14,15). The Kier molecular flexibility index (Phi) is 2.52. The smallest absolute Gasteiger partial charge is 0.406 e. The van der Waals surface area contributed by atoms with Gasteiger partial charge in [-0.15, -0.1) is 0 Å². The average Bonchev–Trinajstić information content (AvgIpc) is 2.45. The van der Waals surface area contributed by atoms with Crippen molar-refractivity contribution in [2.45, 2.75) is 6.92 Å². The fourth-order valence-corrected chi connectivity index (χ4v) is 2.04. The van der Waals surface area contributed by atoms with Crippen molar-refractivity contribution in [3.05, 3.63) is 41.0 Å². The van der Waals surface area contributed by atoms with E-state index in [1.54, 1.807) is 24.3 Å². The topological polar surface area (TPSA) is 91.7 Å².